The number of aliphatic carboxylic acids is 1. The molecular weight excluding hydrogens is 378 g/mol. The monoisotopic (exact) mass is 399 g/mol. The highest BCUT2D eigenvalue weighted by molar-refractivity contribution is 7.89. The second kappa shape index (κ2) is 7.38. The van der Waals surface area contributed by atoms with E-state index in [0.717, 1.165) is 10.9 Å². The van der Waals surface area contributed by atoms with E-state index in [1.54, 1.807) is 36.5 Å². The molecule has 1 aliphatic heterocycles. The summed E-state index contributed by atoms with van der Waals surface area (Å²) in [6, 6.07) is 15.1. The Bertz CT molecular complexity index is 1090. The largest absolute Gasteiger partial charge is 0.480 e. The van der Waals surface area contributed by atoms with Gasteiger partial charge >= 0.3 is 5.97 Å². The molecule has 0 saturated carbocycles. The standard InChI is InChI=1S/C20H21N3O4S/c24-20(25)19(17-14-21-18-9-5-4-8-16(17)18)22-10-12-23(13-11-22)28(26,27)15-6-2-1-3-7-15/h1-9,14,19,21H,10-13H2,(H,24,25)/t19-/m0/s1. The predicted octanol–water partition coefficient (Wildman–Crippen LogP) is 2.30. The predicted molar refractivity (Wildman–Crippen MR) is 105 cm³/mol. The minimum atomic E-state index is -3.57. The van der Waals surface area contributed by atoms with Crippen molar-refractivity contribution in [3.05, 3.63) is 66.4 Å². The second-order valence-electron chi connectivity index (χ2n) is 6.78. The minimum Gasteiger partial charge on any atom is -0.480 e. The molecule has 146 valence electrons. The summed E-state index contributed by atoms with van der Waals surface area (Å²) in [6.07, 6.45) is 1.73. The lowest BCUT2D eigenvalue weighted by Crippen LogP contribution is -2.50. The molecule has 0 bridgehead atoms. The van der Waals surface area contributed by atoms with E-state index in [2.05, 4.69) is 4.98 Å². The fraction of sp³-hybridized carbons (Fsp3) is 0.250. The number of carboxylic acids is 1. The number of nitrogens with zero attached hydrogens (tertiary/aromatic N) is 2. The Hall–Kier alpha value is -2.68. The molecule has 2 aromatic carbocycles. The number of para-hydroxylation sites is 1. The van der Waals surface area contributed by atoms with Crippen molar-refractivity contribution in [2.75, 3.05) is 26.2 Å². The van der Waals surface area contributed by atoms with Gasteiger partial charge in [-0.2, -0.15) is 4.31 Å². The first-order valence-corrected chi connectivity index (χ1v) is 10.5. The van der Waals surface area contributed by atoms with Gasteiger partial charge in [0.25, 0.3) is 0 Å². The van der Waals surface area contributed by atoms with E-state index in [-0.39, 0.29) is 18.0 Å². The van der Waals surface area contributed by atoms with Crippen LogP contribution in [0.1, 0.15) is 11.6 Å². The van der Waals surface area contributed by atoms with Crippen LogP contribution < -0.4 is 0 Å². The highest BCUT2D eigenvalue weighted by atomic mass is 32.2. The van der Waals surface area contributed by atoms with Crippen LogP contribution in [0.5, 0.6) is 0 Å². The number of hydrogen-bond acceptors (Lipinski definition) is 4. The molecule has 0 spiro atoms. The SMILES string of the molecule is O=C(O)[C@H](c1c[nH]c2ccccc12)N1CCN(S(=O)(=O)c2ccccc2)CC1. The summed E-state index contributed by atoms with van der Waals surface area (Å²) >= 11 is 0. The third-order valence-electron chi connectivity index (χ3n) is 5.17. The summed E-state index contributed by atoms with van der Waals surface area (Å²) < 4.78 is 27.0. The zero-order valence-electron chi connectivity index (χ0n) is 15.2. The quantitative estimate of drug-likeness (QED) is 0.687. The Morgan fingerprint density at radius 1 is 0.964 bits per heavy atom. The Labute approximate surface area is 163 Å². The van der Waals surface area contributed by atoms with Crippen LogP contribution in [-0.2, 0) is 14.8 Å². The second-order valence-corrected chi connectivity index (χ2v) is 8.72. The number of benzene rings is 2. The molecule has 1 atom stereocenters. The number of carbonyl (C=O) groups is 1. The van der Waals surface area contributed by atoms with Gasteiger partial charge in [0.15, 0.2) is 0 Å². The van der Waals surface area contributed by atoms with Gasteiger partial charge < -0.3 is 10.1 Å². The number of aromatic nitrogens is 1. The Kier molecular flexibility index (Phi) is 4.92. The molecule has 8 heteroatoms. The lowest BCUT2D eigenvalue weighted by Gasteiger charge is -2.37. The number of piperazine rings is 1. The molecule has 1 aromatic heterocycles. The molecule has 7 nitrogen and oxygen atoms in total. The average Bonchev–Trinajstić information content (AvgIpc) is 3.13. The zero-order valence-corrected chi connectivity index (χ0v) is 16.0. The van der Waals surface area contributed by atoms with Gasteiger partial charge in [0.05, 0.1) is 4.90 Å². The van der Waals surface area contributed by atoms with Gasteiger partial charge in [-0.05, 0) is 18.2 Å². The molecule has 28 heavy (non-hydrogen) atoms. The smallest absolute Gasteiger partial charge is 0.325 e. The number of carboxylic acid groups (broad SMARTS) is 1. The van der Waals surface area contributed by atoms with Gasteiger partial charge in [-0.3, -0.25) is 9.69 Å². The molecule has 1 saturated heterocycles. The Morgan fingerprint density at radius 2 is 1.61 bits per heavy atom. The fourth-order valence-corrected chi connectivity index (χ4v) is 5.19. The van der Waals surface area contributed by atoms with E-state index < -0.39 is 22.0 Å². The highest BCUT2D eigenvalue weighted by Gasteiger charge is 2.35. The molecule has 2 N–H and O–H groups in total. The molecule has 0 radical (unpaired) electrons. The summed E-state index contributed by atoms with van der Waals surface area (Å²) in [4.78, 5) is 17.3. The number of fused-ring (bicyclic) bond motifs is 1. The van der Waals surface area contributed by atoms with Gasteiger partial charge in [0, 0.05) is 48.8 Å². The Balaban J connectivity index is 1.55. The van der Waals surface area contributed by atoms with E-state index >= 15 is 0 Å². The molecule has 4 rings (SSSR count). The number of H-pyrrole nitrogens is 1. The van der Waals surface area contributed by atoms with Crippen molar-refractivity contribution < 1.29 is 18.3 Å². The van der Waals surface area contributed by atoms with Crippen molar-refractivity contribution in [3.63, 3.8) is 0 Å². The van der Waals surface area contributed by atoms with Crippen LogP contribution in [0.15, 0.2) is 65.7 Å². The summed E-state index contributed by atoms with van der Waals surface area (Å²) in [5.74, 6) is -0.941. The van der Waals surface area contributed by atoms with Crippen LogP contribution in [0.2, 0.25) is 0 Å². The third-order valence-corrected chi connectivity index (χ3v) is 7.08. The maximum atomic E-state index is 12.8. The number of rotatable bonds is 5. The van der Waals surface area contributed by atoms with Crippen molar-refractivity contribution in [2.45, 2.75) is 10.9 Å². The molecular formula is C20H21N3O4S. The van der Waals surface area contributed by atoms with E-state index in [1.165, 1.54) is 4.31 Å². The molecule has 0 unspecified atom stereocenters. The summed E-state index contributed by atoms with van der Waals surface area (Å²) in [6.45, 7) is 1.21. The number of aromatic amines is 1. The van der Waals surface area contributed by atoms with E-state index in [9.17, 15) is 18.3 Å². The number of nitrogens with one attached hydrogen (secondary N) is 1. The van der Waals surface area contributed by atoms with Crippen molar-refractivity contribution >= 4 is 26.9 Å². The molecule has 0 aliphatic carbocycles. The van der Waals surface area contributed by atoms with Gasteiger partial charge in [0.2, 0.25) is 10.0 Å². The van der Waals surface area contributed by atoms with Crippen LogP contribution >= 0.6 is 0 Å². The first kappa shape index (κ1) is 18.7. The molecule has 2 heterocycles. The van der Waals surface area contributed by atoms with Crippen molar-refractivity contribution in [1.29, 1.82) is 0 Å². The topological polar surface area (TPSA) is 93.7 Å². The summed E-state index contributed by atoms with van der Waals surface area (Å²) in [5, 5.41) is 10.7. The number of sulfonamides is 1. The fourth-order valence-electron chi connectivity index (χ4n) is 3.75. The molecule has 1 aliphatic rings. The lowest BCUT2D eigenvalue weighted by molar-refractivity contribution is -0.144. The van der Waals surface area contributed by atoms with Gasteiger partial charge in [-0.25, -0.2) is 8.42 Å². The summed E-state index contributed by atoms with van der Waals surface area (Å²) in [5.41, 5.74) is 1.58. The normalized spacial score (nSPS) is 17.6. The van der Waals surface area contributed by atoms with Crippen LogP contribution in [-0.4, -0.2) is 59.9 Å². The van der Waals surface area contributed by atoms with E-state index in [1.807, 2.05) is 29.2 Å². The lowest BCUT2D eigenvalue weighted by atomic mass is 10.0. The van der Waals surface area contributed by atoms with E-state index in [4.69, 9.17) is 0 Å². The molecule has 0 amide bonds. The summed E-state index contributed by atoms with van der Waals surface area (Å²) in [7, 11) is -3.57. The average molecular weight is 399 g/mol. The third kappa shape index (κ3) is 3.30. The maximum absolute atomic E-state index is 12.8. The van der Waals surface area contributed by atoms with Gasteiger partial charge in [-0.1, -0.05) is 36.4 Å². The van der Waals surface area contributed by atoms with Crippen LogP contribution in [0, 0.1) is 0 Å². The van der Waals surface area contributed by atoms with Crippen LogP contribution in [0.25, 0.3) is 10.9 Å². The maximum Gasteiger partial charge on any atom is 0.325 e. The van der Waals surface area contributed by atoms with Crippen molar-refractivity contribution in [2.24, 2.45) is 0 Å². The van der Waals surface area contributed by atoms with Crippen LogP contribution in [0.4, 0.5) is 0 Å². The van der Waals surface area contributed by atoms with Gasteiger partial charge in [0.1, 0.15) is 6.04 Å². The van der Waals surface area contributed by atoms with Crippen molar-refractivity contribution in [3.8, 4) is 0 Å². The molecule has 1 fully saturated rings. The number of hydrogen-bond donors (Lipinski definition) is 2. The first-order chi connectivity index (χ1) is 13.5. The van der Waals surface area contributed by atoms with Gasteiger partial charge in [-0.15, -0.1) is 0 Å². The zero-order chi connectivity index (χ0) is 19.7. The first-order valence-electron chi connectivity index (χ1n) is 9.06. The minimum absolute atomic E-state index is 0.253. The van der Waals surface area contributed by atoms with Crippen LogP contribution in [0.3, 0.4) is 0 Å². The highest BCUT2D eigenvalue weighted by Crippen LogP contribution is 2.30. The Morgan fingerprint density at radius 3 is 2.29 bits per heavy atom. The molecule has 3 aromatic rings. The van der Waals surface area contributed by atoms with E-state index in [0.29, 0.717) is 18.7 Å². The van der Waals surface area contributed by atoms with Crippen molar-refractivity contribution in [1.82, 2.24) is 14.2 Å².